The molecule has 1 aliphatic heterocycles. The molecule has 0 bridgehead atoms. The Labute approximate surface area is 169 Å². The molecule has 0 unspecified atom stereocenters. The number of aromatic carboxylic acids is 1. The maximum absolute atomic E-state index is 12.6. The van der Waals surface area contributed by atoms with Crippen molar-refractivity contribution in [2.24, 2.45) is 15.9 Å². The van der Waals surface area contributed by atoms with Gasteiger partial charge in [-0.05, 0) is 36.4 Å². The van der Waals surface area contributed by atoms with Crippen molar-refractivity contribution in [1.29, 1.82) is 0 Å². The van der Waals surface area contributed by atoms with Gasteiger partial charge in [-0.1, -0.05) is 23.9 Å². The fourth-order valence-corrected chi connectivity index (χ4v) is 3.45. The highest BCUT2D eigenvalue weighted by Gasteiger charge is 2.40. The maximum Gasteiger partial charge on any atom is 0.335 e. The number of benzene rings is 2. The van der Waals surface area contributed by atoms with Gasteiger partial charge in [0.25, 0.3) is 0 Å². The molecule has 10 heteroatoms. The van der Waals surface area contributed by atoms with E-state index < -0.39 is 23.0 Å². The average Bonchev–Trinajstić information content (AvgIpc) is 2.96. The number of thioether (sulfide) groups is 1. The first-order valence-corrected chi connectivity index (χ1v) is 9.26. The van der Waals surface area contributed by atoms with Gasteiger partial charge in [-0.3, -0.25) is 9.59 Å². The minimum absolute atomic E-state index is 0.00843. The molecule has 4 N–H and O–H groups in total. The van der Waals surface area contributed by atoms with Crippen molar-refractivity contribution in [2.45, 2.75) is 11.7 Å². The largest absolute Gasteiger partial charge is 0.507 e. The second-order valence-corrected chi connectivity index (χ2v) is 7.19. The lowest BCUT2D eigenvalue weighted by molar-refractivity contribution is -0.121. The summed E-state index contributed by atoms with van der Waals surface area (Å²) in [5.41, 5.74) is 6.59. The predicted octanol–water partition coefficient (Wildman–Crippen LogP) is 1.80. The number of anilines is 1. The van der Waals surface area contributed by atoms with E-state index in [1.54, 1.807) is 18.2 Å². The van der Waals surface area contributed by atoms with E-state index in [0.717, 1.165) is 16.7 Å². The van der Waals surface area contributed by atoms with Gasteiger partial charge in [0.2, 0.25) is 11.8 Å². The molecular formula is C19H16N4O5S. The number of para-hydroxylation sites is 1. The van der Waals surface area contributed by atoms with Gasteiger partial charge in [0.05, 0.1) is 17.5 Å². The summed E-state index contributed by atoms with van der Waals surface area (Å²) < 4.78 is 0. The van der Waals surface area contributed by atoms with Crippen molar-refractivity contribution in [2.75, 3.05) is 4.90 Å². The van der Waals surface area contributed by atoms with Gasteiger partial charge in [0.15, 0.2) is 5.17 Å². The molecule has 0 saturated carbocycles. The summed E-state index contributed by atoms with van der Waals surface area (Å²) in [6, 6.07) is 12.0. The van der Waals surface area contributed by atoms with Crippen LogP contribution in [0.5, 0.6) is 5.75 Å². The second-order valence-electron chi connectivity index (χ2n) is 5.97. The van der Waals surface area contributed by atoms with Crippen molar-refractivity contribution in [1.82, 2.24) is 0 Å². The number of carboxylic acids is 1. The number of hydrogen-bond donors (Lipinski definition) is 3. The molecule has 1 saturated heterocycles. The maximum atomic E-state index is 12.6. The third kappa shape index (κ3) is 4.61. The number of carboxylic acid groups (broad SMARTS) is 1. The van der Waals surface area contributed by atoms with Crippen LogP contribution in [-0.2, 0) is 9.59 Å². The molecule has 9 nitrogen and oxygen atoms in total. The molecule has 1 fully saturated rings. The first-order valence-electron chi connectivity index (χ1n) is 8.38. The molecule has 2 aromatic carbocycles. The van der Waals surface area contributed by atoms with Crippen LogP contribution >= 0.6 is 11.8 Å². The molecule has 2 aromatic rings. The average molecular weight is 412 g/mol. The fourth-order valence-electron chi connectivity index (χ4n) is 2.63. The highest BCUT2D eigenvalue weighted by atomic mass is 32.2. The lowest BCUT2D eigenvalue weighted by atomic mass is 10.2. The van der Waals surface area contributed by atoms with E-state index in [1.165, 1.54) is 36.5 Å². The highest BCUT2D eigenvalue weighted by Crippen LogP contribution is 2.30. The zero-order valence-corrected chi connectivity index (χ0v) is 15.7. The Kier molecular flexibility index (Phi) is 5.93. The van der Waals surface area contributed by atoms with Gasteiger partial charge in [-0.15, -0.1) is 5.10 Å². The number of nitrogens with zero attached hydrogens (tertiary/aromatic N) is 3. The summed E-state index contributed by atoms with van der Waals surface area (Å²) in [6.07, 6.45) is 1.25. The quantitative estimate of drug-likeness (QED) is 0.294. The van der Waals surface area contributed by atoms with Gasteiger partial charge in [-0.25, -0.2) is 9.69 Å². The van der Waals surface area contributed by atoms with E-state index in [9.17, 15) is 19.5 Å². The van der Waals surface area contributed by atoms with Crippen molar-refractivity contribution in [3.63, 3.8) is 0 Å². The standard InChI is InChI=1S/C19H16N4O5S/c20-19(22-21-10-12-3-1-2-4-14(12)24)29-15-9-16(25)23(17(15)26)13-7-5-11(6-8-13)18(27)28/h1-8,10,15,24H,9H2,(H2,20,22)(H,27,28)/b21-10-/t15-/m0/s1. The van der Waals surface area contributed by atoms with E-state index in [1.807, 2.05) is 0 Å². The topological polar surface area (TPSA) is 146 Å². The summed E-state index contributed by atoms with van der Waals surface area (Å²) in [4.78, 5) is 36.8. The van der Waals surface area contributed by atoms with E-state index in [-0.39, 0.29) is 22.9 Å². The molecule has 2 amide bonds. The Morgan fingerprint density at radius 1 is 1.17 bits per heavy atom. The van der Waals surface area contributed by atoms with Crippen LogP contribution in [0.3, 0.4) is 0 Å². The zero-order valence-electron chi connectivity index (χ0n) is 14.9. The minimum Gasteiger partial charge on any atom is -0.507 e. The number of carbonyl (C=O) groups excluding carboxylic acids is 2. The molecule has 1 heterocycles. The van der Waals surface area contributed by atoms with Gasteiger partial charge in [-0.2, -0.15) is 5.10 Å². The summed E-state index contributed by atoms with van der Waals surface area (Å²) >= 11 is 0.910. The van der Waals surface area contributed by atoms with E-state index in [0.29, 0.717) is 11.3 Å². The normalized spacial score (nSPS) is 17.3. The van der Waals surface area contributed by atoms with Crippen molar-refractivity contribution in [3.05, 3.63) is 59.7 Å². The lowest BCUT2D eigenvalue weighted by Gasteiger charge is -2.14. The Hall–Kier alpha value is -3.66. The van der Waals surface area contributed by atoms with E-state index in [2.05, 4.69) is 10.2 Å². The number of amidine groups is 1. The first kappa shape index (κ1) is 20.1. The lowest BCUT2D eigenvalue weighted by Crippen LogP contribution is -2.31. The summed E-state index contributed by atoms with van der Waals surface area (Å²) in [6.45, 7) is 0. The van der Waals surface area contributed by atoms with Crippen molar-refractivity contribution >= 4 is 46.6 Å². The summed E-state index contributed by atoms with van der Waals surface area (Å²) in [5, 5.41) is 25.4. The van der Waals surface area contributed by atoms with E-state index in [4.69, 9.17) is 10.8 Å². The van der Waals surface area contributed by atoms with Crippen LogP contribution in [-0.4, -0.2) is 44.6 Å². The molecule has 29 heavy (non-hydrogen) atoms. The number of phenolic OH excluding ortho intramolecular Hbond substituents is 1. The Morgan fingerprint density at radius 3 is 2.52 bits per heavy atom. The second kappa shape index (κ2) is 8.57. The molecule has 0 aromatic heterocycles. The molecular weight excluding hydrogens is 396 g/mol. The predicted molar refractivity (Wildman–Crippen MR) is 109 cm³/mol. The first-order chi connectivity index (χ1) is 13.9. The number of imide groups is 1. The summed E-state index contributed by atoms with van der Waals surface area (Å²) in [7, 11) is 0. The van der Waals surface area contributed by atoms with Crippen molar-refractivity contribution < 1.29 is 24.6 Å². The summed E-state index contributed by atoms with van der Waals surface area (Å²) in [5.74, 6) is -1.94. The van der Waals surface area contributed by atoms with Crippen LogP contribution in [0.25, 0.3) is 0 Å². The van der Waals surface area contributed by atoms with Crippen LogP contribution in [0.1, 0.15) is 22.3 Å². The van der Waals surface area contributed by atoms with Gasteiger partial charge < -0.3 is 15.9 Å². The number of phenols is 1. The number of rotatable bonds is 5. The molecule has 0 aliphatic carbocycles. The van der Waals surface area contributed by atoms with Crippen LogP contribution in [0.15, 0.2) is 58.7 Å². The highest BCUT2D eigenvalue weighted by molar-refractivity contribution is 8.14. The molecule has 1 atom stereocenters. The van der Waals surface area contributed by atoms with E-state index >= 15 is 0 Å². The minimum atomic E-state index is -1.10. The zero-order chi connectivity index (χ0) is 21.0. The Morgan fingerprint density at radius 2 is 1.86 bits per heavy atom. The van der Waals surface area contributed by atoms with Gasteiger partial charge in [0, 0.05) is 12.0 Å². The number of carbonyl (C=O) groups is 3. The Bertz CT molecular complexity index is 1020. The fraction of sp³-hybridized carbons (Fsp3) is 0.105. The van der Waals surface area contributed by atoms with Crippen LogP contribution < -0.4 is 10.6 Å². The number of nitrogens with two attached hydrogens (primary N) is 1. The number of hydrogen-bond acceptors (Lipinski definition) is 7. The molecule has 3 rings (SSSR count). The third-order valence-electron chi connectivity index (χ3n) is 4.03. The van der Waals surface area contributed by atoms with Gasteiger partial charge in [0.1, 0.15) is 11.0 Å². The number of aromatic hydroxyl groups is 1. The molecule has 0 radical (unpaired) electrons. The molecule has 148 valence electrons. The smallest absolute Gasteiger partial charge is 0.335 e. The molecule has 0 spiro atoms. The Balaban J connectivity index is 1.67. The SMILES string of the molecule is NC(=N/N=C\c1ccccc1O)S[C@H]1CC(=O)N(c2ccc(C(=O)O)cc2)C1=O. The van der Waals surface area contributed by atoms with Crippen molar-refractivity contribution in [3.8, 4) is 5.75 Å². The third-order valence-corrected chi connectivity index (χ3v) is 5.01. The van der Waals surface area contributed by atoms with Crippen LogP contribution in [0.2, 0.25) is 0 Å². The monoisotopic (exact) mass is 412 g/mol. The molecule has 1 aliphatic rings. The number of amides is 2. The van der Waals surface area contributed by atoms with Crippen LogP contribution in [0.4, 0.5) is 5.69 Å². The van der Waals surface area contributed by atoms with Crippen LogP contribution in [0, 0.1) is 0 Å². The van der Waals surface area contributed by atoms with Gasteiger partial charge >= 0.3 is 5.97 Å².